The molecule has 0 unspecified atom stereocenters. The first-order valence-electron chi connectivity index (χ1n) is 9.31. The van der Waals surface area contributed by atoms with Crippen molar-refractivity contribution in [3.63, 3.8) is 0 Å². The van der Waals surface area contributed by atoms with E-state index < -0.39 is 24.0 Å². The lowest BCUT2D eigenvalue weighted by Gasteiger charge is -2.23. The van der Waals surface area contributed by atoms with E-state index >= 15 is 0 Å². The molecule has 1 saturated carbocycles. The monoisotopic (exact) mass is 403 g/mol. The van der Waals surface area contributed by atoms with Gasteiger partial charge in [-0.05, 0) is 31.9 Å². The number of aromatic nitrogens is 1. The number of carbonyl (C=O) groups excluding carboxylic acids is 3. The molecular formula is C20H22ClN3O4. The molecule has 2 aromatic rings. The second-order valence-corrected chi connectivity index (χ2v) is 7.24. The molecule has 0 radical (unpaired) electrons. The molecule has 3 rings (SSSR count). The number of ether oxygens (including phenoxy) is 1. The molecular weight excluding hydrogens is 382 g/mol. The minimum atomic E-state index is -1.14. The van der Waals surface area contributed by atoms with Crippen molar-refractivity contribution in [3.05, 3.63) is 41.0 Å². The lowest BCUT2D eigenvalue weighted by Crippen LogP contribution is -2.48. The van der Waals surface area contributed by atoms with Crippen molar-refractivity contribution in [1.82, 2.24) is 15.6 Å². The summed E-state index contributed by atoms with van der Waals surface area (Å²) in [5.41, 5.74) is 0.757. The number of rotatable bonds is 4. The number of hydrogen-bond donors (Lipinski definition) is 2. The molecule has 1 heterocycles. The zero-order chi connectivity index (χ0) is 20.1. The number of amides is 3. The van der Waals surface area contributed by atoms with E-state index in [0.29, 0.717) is 10.9 Å². The number of carbonyl (C=O) groups is 3. The molecule has 7 nitrogen and oxygen atoms in total. The van der Waals surface area contributed by atoms with E-state index in [1.54, 1.807) is 24.3 Å². The third-order valence-electron chi connectivity index (χ3n) is 4.73. The normalized spacial score (nSPS) is 15.6. The Morgan fingerprint density at radius 2 is 1.89 bits per heavy atom. The summed E-state index contributed by atoms with van der Waals surface area (Å²) in [6, 6.07) is 7.89. The van der Waals surface area contributed by atoms with E-state index in [2.05, 4.69) is 15.6 Å². The SMILES string of the molecule is C[C@@H](OC(=O)c1cc(Cl)nc2ccccc12)C(=O)NC(=O)NC1CCCCC1. The van der Waals surface area contributed by atoms with Crippen molar-refractivity contribution in [2.45, 2.75) is 51.2 Å². The molecule has 2 N–H and O–H groups in total. The van der Waals surface area contributed by atoms with Crippen molar-refractivity contribution in [2.75, 3.05) is 0 Å². The number of halogens is 1. The number of hydrogen-bond acceptors (Lipinski definition) is 5. The van der Waals surface area contributed by atoms with Crippen molar-refractivity contribution >= 4 is 40.4 Å². The van der Waals surface area contributed by atoms with Crippen LogP contribution in [0.3, 0.4) is 0 Å². The molecule has 1 fully saturated rings. The maximum absolute atomic E-state index is 12.5. The third kappa shape index (κ3) is 4.98. The van der Waals surface area contributed by atoms with Crippen LogP contribution in [0.2, 0.25) is 5.15 Å². The molecule has 0 spiro atoms. The number of nitrogens with zero attached hydrogens (tertiary/aromatic N) is 1. The second kappa shape index (κ2) is 9.01. The molecule has 1 aliphatic carbocycles. The Labute approximate surface area is 167 Å². The highest BCUT2D eigenvalue weighted by Crippen LogP contribution is 2.22. The summed E-state index contributed by atoms with van der Waals surface area (Å²) in [5.74, 6) is -1.40. The summed E-state index contributed by atoms with van der Waals surface area (Å²) >= 11 is 5.98. The Bertz CT molecular complexity index is 896. The van der Waals surface area contributed by atoms with Crippen molar-refractivity contribution in [3.8, 4) is 0 Å². The topological polar surface area (TPSA) is 97.4 Å². The molecule has 28 heavy (non-hydrogen) atoms. The van der Waals surface area contributed by atoms with Crippen LogP contribution in [0.4, 0.5) is 4.79 Å². The maximum atomic E-state index is 12.5. The Kier molecular flexibility index (Phi) is 6.46. The van der Waals surface area contributed by atoms with Gasteiger partial charge in [-0.3, -0.25) is 10.1 Å². The van der Waals surface area contributed by atoms with E-state index in [-0.39, 0.29) is 16.8 Å². The van der Waals surface area contributed by atoms with Crippen molar-refractivity contribution in [1.29, 1.82) is 0 Å². The fourth-order valence-corrected chi connectivity index (χ4v) is 3.47. The Balaban J connectivity index is 1.61. The number of para-hydroxylation sites is 1. The van der Waals surface area contributed by atoms with E-state index in [4.69, 9.17) is 16.3 Å². The summed E-state index contributed by atoms with van der Waals surface area (Å²) in [6.45, 7) is 1.41. The van der Waals surface area contributed by atoms with Crippen LogP contribution in [-0.4, -0.2) is 35.0 Å². The van der Waals surface area contributed by atoms with E-state index in [9.17, 15) is 14.4 Å². The Morgan fingerprint density at radius 1 is 1.18 bits per heavy atom. The molecule has 1 atom stereocenters. The van der Waals surface area contributed by atoms with Crippen LogP contribution >= 0.6 is 11.6 Å². The lowest BCUT2D eigenvalue weighted by atomic mass is 9.96. The van der Waals surface area contributed by atoms with E-state index in [1.807, 2.05) is 0 Å². The van der Waals surface area contributed by atoms with E-state index in [0.717, 1.165) is 25.7 Å². The minimum absolute atomic E-state index is 0.0738. The number of pyridine rings is 1. The van der Waals surface area contributed by atoms with Crippen molar-refractivity contribution in [2.24, 2.45) is 0 Å². The summed E-state index contributed by atoms with van der Waals surface area (Å²) in [5, 5.41) is 5.73. The van der Waals surface area contributed by atoms with Gasteiger partial charge >= 0.3 is 12.0 Å². The van der Waals surface area contributed by atoms with Crippen LogP contribution in [0.1, 0.15) is 49.4 Å². The largest absolute Gasteiger partial charge is 0.449 e. The van der Waals surface area contributed by atoms with Gasteiger partial charge in [-0.1, -0.05) is 49.1 Å². The zero-order valence-corrected chi connectivity index (χ0v) is 16.3. The fourth-order valence-electron chi connectivity index (χ4n) is 3.27. The quantitative estimate of drug-likeness (QED) is 0.600. The molecule has 0 bridgehead atoms. The van der Waals surface area contributed by atoms with Gasteiger partial charge in [0.2, 0.25) is 0 Å². The van der Waals surface area contributed by atoms with Crippen LogP contribution in [-0.2, 0) is 9.53 Å². The number of urea groups is 1. The summed E-state index contributed by atoms with van der Waals surface area (Å²) < 4.78 is 5.23. The molecule has 1 aromatic heterocycles. The summed E-state index contributed by atoms with van der Waals surface area (Å²) in [4.78, 5) is 40.9. The third-order valence-corrected chi connectivity index (χ3v) is 4.93. The van der Waals surface area contributed by atoms with Crippen LogP contribution in [0.25, 0.3) is 10.9 Å². The zero-order valence-electron chi connectivity index (χ0n) is 15.5. The van der Waals surface area contributed by atoms with Gasteiger partial charge in [-0.15, -0.1) is 0 Å². The smallest absolute Gasteiger partial charge is 0.339 e. The maximum Gasteiger partial charge on any atom is 0.339 e. The number of esters is 1. The van der Waals surface area contributed by atoms with Gasteiger partial charge in [0.25, 0.3) is 5.91 Å². The lowest BCUT2D eigenvalue weighted by molar-refractivity contribution is -0.127. The van der Waals surface area contributed by atoms with Crippen LogP contribution in [0.15, 0.2) is 30.3 Å². The predicted octanol–water partition coefficient (Wildman–Crippen LogP) is 3.59. The Hall–Kier alpha value is -2.67. The fraction of sp³-hybridized carbons (Fsp3) is 0.400. The van der Waals surface area contributed by atoms with E-state index in [1.165, 1.54) is 19.4 Å². The van der Waals surface area contributed by atoms with Crippen molar-refractivity contribution < 1.29 is 19.1 Å². The van der Waals surface area contributed by atoms with Gasteiger partial charge in [0.05, 0.1) is 11.1 Å². The first kappa shape index (κ1) is 20.1. The highest BCUT2D eigenvalue weighted by atomic mass is 35.5. The first-order chi connectivity index (χ1) is 13.4. The highest BCUT2D eigenvalue weighted by molar-refractivity contribution is 6.30. The predicted molar refractivity (Wildman–Crippen MR) is 105 cm³/mol. The first-order valence-corrected chi connectivity index (χ1v) is 9.69. The van der Waals surface area contributed by atoms with Gasteiger partial charge in [-0.2, -0.15) is 0 Å². The molecule has 148 valence electrons. The number of benzene rings is 1. The van der Waals surface area contributed by atoms with Gasteiger partial charge < -0.3 is 10.1 Å². The van der Waals surface area contributed by atoms with Gasteiger partial charge in [0, 0.05) is 11.4 Å². The molecule has 8 heteroatoms. The number of fused-ring (bicyclic) bond motifs is 1. The molecule has 0 saturated heterocycles. The average Bonchev–Trinajstić information content (AvgIpc) is 2.67. The van der Waals surface area contributed by atoms with Crippen LogP contribution < -0.4 is 10.6 Å². The summed E-state index contributed by atoms with van der Waals surface area (Å²) in [7, 11) is 0. The molecule has 1 aliphatic rings. The highest BCUT2D eigenvalue weighted by Gasteiger charge is 2.24. The Morgan fingerprint density at radius 3 is 2.64 bits per heavy atom. The molecule has 1 aromatic carbocycles. The number of nitrogens with one attached hydrogen (secondary N) is 2. The average molecular weight is 404 g/mol. The number of imide groups is 1. The summed E-state index contributed by atoms with van der Waals surface area (Å²) in [6.07, 6.45) is 3.96. The van der Waals surface area contributed by atoms with Gasteiger partial charge in [0.1, 0.15) is 5.15 Å². The van der Waals surface area contributed by atoms with Crippen LogP contribution in [0.5, 0.6) is 0 Å². The molecule has 0 aliphatic heterocycles. The van der Waals surface area contributed by atoms with Crippen LogP contribution in [0, 0.1) is 0 Å². The molecule has 3 amide bonds. The second-order valence-electron chi connectivity index (χ2n) is 6.85. The van der Waals surface area contributed by atoms with Gasteiger partial charge in [-0.25, -0.2) is 14.6 Å². The van der Waals surface area contributed by atoms with Gasteiger partial charge in [0.15, 0.2) is 6.10 Å². The minimum Gasteiger partial charge on any atom is -0.449 e. The standard InChI is InChI=1S/C20H22ClN3O4/c1-12(18(25)24-20(27)22-13-7-3-2-4-8-13)28-19(26)15-11-17(21)23-16-10-6-5-9-14(15)16/h5-6,9-13H,2-4,7-8H2,1H3,(H2,22,24,25,27)/t12-/m1/s1.